The van der Waals surface area contributed by atoms with Crippen LogP contribution in [0.15, 0.2) is 41.4 Å². The Labute approximate surface area is 170 Å². The first kappa shape index (κ1) is 21.8. The van der Waals surface area contributed by atoms with E-state index in [2.05, 4.69) is 70.8 Å². The van der Waals surface area contributed by atoms with Gasteiger partial charge in [0.2, 0.25) is 0 Å². The van der Waals surface area contributed by atoms with Crippen LogP contribution >= 0.6 is 24.0 Å². The summed E-state index contributed by atoms with van der Waals surface area (Å²) in [6.45, 7) is 10.4. The zero-order valence-corrected chi connectivity index (χ0v) is 18.1. The maximum Gasteiger partial charge on any atom is 0.191 e. The minimum absolute atomic E-state index is 0. The molecule has 1 fully saturated rings. The van der Waals surface area contributed by atoms with E-state index in [4.69, 9.17) is 0 Å². The molecule has 2 rings (SSSR count). The second-order valence-corrected chi connectivity index (χ2v) is 6.27. The molecule has 1 aliphatic rings. The van der Waals surface area contributed by atoms with Crippen molar-refractivity contribution >= 4 is 35.6 Å². The van der Waals surface area contributed by atoms with Gasteiger partial charge in [0.15, 0.2) is 5.96 Å². The monoisotopic (exact) mass is 456 g/mol. The van der Waals surface area contributed by atoms with Gasteiger partial charge in [0.1, 0.15) is 0 Å². The van der Waals surface area contributed by atoms with Gasteiger partial charge < -0.3 is 15.5 Å². The van der Waals surface area contributed by atoms with Gasteiger partial charge in [-0.25, -0.2) is 0 Å². The Morgan fingerprint density at radius 1 is 1.32 bits per heavy atom. The van der Waals surface area contributed by atoms with Crippen LogP contribution in [0.2, 0.25) is 0 Å². The minimum Gasteiger partial charge on any atom is -0.372 e. The molecular weight excluding hydrogens is 423 g/mol. The first-order valence-corrected chi connectivity index (χ1v) is 9.25. The summed E-state index contributed by atoms with van der Waals surface area (Å²) in [5, 5.41) is 6.86. The van der Waals surface area contributed by atoms with E-state index in [9.17, 15) is 0 Å². The van der Waals surface area contributed by atoms with Crippen LogP contribution in [0, 0.1) is 0 Å². The minimum atomic E-state index is 0. The molecular formula is C20H33IN4. The fourth-order valence-electron chi connectivity index (χ4n) is 2.99. The fourth-order valence-corrected chi connectivity index (χ4v) is 2.99. The Bertz CT molecular complexity index is 550. The van der Waals surface area contributed by atoms with Crippen molar-refractivity contribution in [3.8, 4) is 0 Å². The molecule has 1 heterocycles. The third-order valence-corrected chi connectivity index (χ3v) is 4.34. The molecule has 1 aliphatic heterocycles. The summed E-state index contributed by atoms with van der Waals surface area (Å²) in [4.78, 5) is 7.13. The molecule has 0 bridgehead atoms. The summed E-state index contributed by atoms with van der Waals surface area (Å²) < 4.78 is 0. The van der Waals surface area contributed by atoms with Gasteiger partial charge in [-0.2, -0.15) is 0 Å². The maximum atomic E-state index is 4.65. The summed E-state index contributed by atoms with van der Waals surface area (Å²) in [6.07, 6.45) is 7.81. The van der Waals surface area contributed by atoms with Crippen LogP contribution < -0.4 is 15.5 Å². The van der Waals surface area contributed by atoms with Crippen LogP contribution in [0.5, 0.6) is 0 Å². The Balaban J connectivity index is 0.00000312. The molecule has 5 heteroatoms. The van der Waals surface area contributed by atoms with E-state index >= 15 is 0 Å². The Kier molecular flexibility index (Phi) is 10.6. The molecule has 1 unspecified atom stereocenters. The first-order valence-electron chi connectivity index (χ1n) is 9.25. The summed E-state index contributed by atoms with van der Waals surface area (Å²) in [7, 11) is 0. The third kappa shape index (κ3) is 7.26. The Morgan fingerprint density at radius 2 is 2.08 bits per heavy atom. The summed E-state index contributed by atoms with van der Waals surface area (Å²) in [6, 6.07) is 9.12. The third-order valence-electron chi connectivity index (χ3n) is 4.34. The highest BCUT2D eigenvalue weighted by molar-refractivity contribution is 14.0. The van der Waals surface area contributed by atoms with Crippen molar-refractivity contribution in [1.29, 1.82) is 0 Å². The van der Waals surface area contributed by atoms with Gasteiger partial charge in [0, 0.05) is 31.9 Å². The number of hydrogen-bond donors (Lipinski definition) is 2. The summed E-state index contributed by atoms with van der Waals surface area (Å²) in [5.41, 5.74) is 2.65. The van der Waals surface area contributed by atoms with Crippen LogP contribution in [0.1, 0.15) is 51.6 Å². The summed E-state index contributed by atoms with van der Waals surface area (Å²) >= 11 is 0. The van der Waals surface area contributed by atoms with Crippen molar-refractivity contribution in [3.05, 3.63) is 42.0 Å². The van der Waals surface area contributed by atoms with Gasteiger partial charge in [0.25, 0.3) is 0 Å². The highest BCUT2D eigenvalue weighted by atomic mass is 127. The molecule has 1 aromatic rings. The van der Waals surface area contributed by atoms with E-state index in [0.29, 0.717) is 0 Å². The number of hydrogen-bond acceptors (Lipinski definition) is 2. The molecule has 0 radical (unpaired) electrons. The van der Waals surface area contributed by atoms with Gasteiger partial charge in [0.05, 0.1) is 6.04 Å². The lowest BCUT2D eigenvalue weighted by Gasteiger charge is -2.22. The number of nitrogens with zero attached hydrogens (tertiary/aromatic N) is 2. The molecule has 1 aromatic carbocycles. The van der Waals surface area contributed by atoms with Crippen LogP contribution in [-0.2, 0) is 0 Å². The topological polar surface area (TPSA) is 39.7 Å². The molecule has 140 valence electrons. The second kappa shape index (κ2) is 12.2. The SMILES string of the molecule is C/C=C/CCN=C(NCC)NC(C)c1cccc(N2CCCC2)c1.I. The van der Waals surface area contributed by atoms with E-state index in [1.54, 1.807) is 0 Å². The first-order chi connectivity index (χ1) is 11.7. The van der Waals surface area contributed by atoms with Crippen LogP contribution in [-0.4, -0.2) is 32.1 Å². The number of guanidine groups is 1. The second-order valence-electron chi connectivity index (χ2n) is 6.27. The van der Waals surface area contributed by atoms with Gasteiger partial charge in [-0.3, -0.25) is 4.99 Å². The van der Waals surface area contributed by atoms with Crippen molar-refractivity contribution in [2.75, 3.05) is 31.1 Å². The quantitative estimate of drug-likeness (QED) is 0.209. The zero-order chi connectivity index (χ0) is 17.2. The fraction of sp³-hybridized carbons (Fsp3) is 0.550. The van der Waals surface area contributed by atoms with Crippen LogP contribution in [0.25, 0.3) is 0 Å². The lowest BCUT2D eigenvalue weighted by molar-refractivity contribution is 0.686. The highest BCUT2D eigenvalue weighted by Crippen LogP contribution is 2.23. The van der Waals surface area contributed by atoms with E-state index in [1.165, 1.54) is 37.2 Å². The number of rotatable bonds is 7. The van der Waals surface area contributed by atoms with Gasteiger partial charge in [-0.1, -0.05) is 24.3 Å². The van der Waals surface area contributed by atoms with E-state index in [0.717, 1.165) is 25.5 Å². The molecule has 2 N–H and O–H groups in total. The predicted octanol–water partition coefficient (Wildman–Crippen LogP) is 4.49. The normalized spacial score (nSPS) is 16.0. The van der Waals surface area contributed by atoms with Gasteiger partial charge in [-0.15, -0.1) is 24.0 Å². The molecule has 0 amide bonds. The largest absolute Gasteiger partial charge is 0.372 e. The standard InChI is InChI=1S/C20H32N4.HI/c1-4-6-7-13-22-20(21-5-2)23-17(3)18-11-10-12-19(16-18)24-14-8-9-15-24;/h4,6,10-12,16-17H,5,7-9,13-15H2,1-3H3,(H2,21,22,23);1H/b6-4+;. The van der Waals surface area contributed by atoms with Crippen molar-refractivity contribution < 1.29 is 0 Å². The lowest BCUT2D eigenvalue weighted by atomic mass is 10.1. The number of benzene rings is 1. The van der Waals surface area contributed by atoms with Crippen molar-refractivity contribution in [2.45, 2.75) is 46.1 Å². The molecule has 1 atom stereocenters. The Morgan fingerprint density at radius 3 is 2.76 bits per heavy atom. The van der Waals surface area contributed by atoms with Crippen LogP contribution in [0.4, 0.5) is 5.69 Å². The van der Waals surface area contributed by atoms with Crippen molar-refractivity contribution in [3.63, 3.8) is 0 Å². The molecule has 0 saturated carbocycles. The molecule has 1 saturated heterocycles. The number of allylic oxidation sites excluding steroid dienone is 1. The van der Waals surface area contributed by atoms with Crippen LogP contribution in [0.3, 0.4) is 0 Å². The molecule has 4 nitrogen and oxygen atoms in total. The number of nitrogens with one attached hydrogen (secondary N) is 2. The molecule has 0 spiro atoms. The molecule has 25 heavy (non-hydrogen) atoms. The smallest absolute Gasteiger partial charge is 0.191 e. The van der Waals surface area contributed by atoms with Crippen molar-refractivity contribution in [1.82, 2.24) is 10.6 Å². The maximum absolute atomic E-state index is 4.65. The number of aliphatic imine (C=N–C) groups is 1. The predicted molar refractivity (Wildman–Crippen MR) is 120 cm³/mol. The van der Waals surface area contributed by atoms with E-state index in [1.807, 2.05) is 6.92 Å². The molecule has 0 aliphatic carbocycles. The zero-order valence-electron chi connectivity index (χ0n) is 15.8. The lowest BCUT2D eigenvalue weighted by Crippen LogP contribution is -2.38. The average Bonchev–Trinajstić information content (AvgIpc) is 3.13. The van der Waals surface area contributed by atoms with E-state index in [-0.39, 0.29) is 30.0 Å². The number of anilines is 1. The van der Waals surface area contributed by atoms with Crippen molar-refractivity contribution in [2.24, 2.45) is 4.99 Å². The van der Waals surface area contributed by atoms with E-state index < -0.39 is 0 Å². The van der Waals surface area contributed by atoms with Gasteiger partial charge >= 0.3 is 0 Å². The number of halogens is 1. The van der Waals surface area contributed by atoms with Gasteiger partial charge in [-0.05, 0) is 57.7 Å². The molecule has 0 aromatic heterocycles. The summed E-state index contributed by atoms with van der Waals surface area (Å²) in [5.74, 6) is 0.890. The Hall–Kier alpha value is -1.24. The highest BCUT2D eigenvalue weighted by Gasteiger charge is 2.14. The average molecular weight is 456 g/mol.